The fourth-order valence-corrected chi connectivity index (χ4v) is 1.03. The van der Waals surface area contributed by atoms with E-state index >= 15 is 0 Å². The quantitative estimate of drug-likeness (QED) is 0.702. The predicted molar refractivity (Wildman–Crippen MR) is 46.5 cm³/mol. The van der Waals surface area contributed by atoms with Gasteiger partial charge in [0.15, 0.2) is 5.69 Å². The van der Waals surface area contributed by atoms with E-state index in [2.05, 4.69) is 15.2 Å². The van der Waals surface area contributed by atoms with Crippen molar-refractivity contribution >= 4 is 0 Å². The maximum Gasteiger partial charge on any atom is 0.162 e. The smallest absolute Gasteiger partial charge is 0.162 e. The van der Waals surface area contributed by atoms with Crippen molar-refractivity contribution in [1.82, 2.24) is 15.2 Å². The summed E-state index contributed by atoms with van der Waals surface area (Å²) in [5, 5.41) is 15.1. The molecule has 0 aliphatic carbocycles. The molecular formula is C9H6N4. The number of hydrogen-bond donors (Lipinski definition) is 1. The average molecular weight is 170 g/mol. The SMILES string of the molecule is N#Cc1cc(-c2ccccn2)[nH]n1. The standard InChI is InChI=1S/C9H6N4/c10-6-7-5-9(13-12-7)8-3-1-2-4-11-8/h1-5H,(H,12,13). The Morgan fingerprint density at radius 1 is 1.38 bits per heavy atom. The second-order valence-corrected chi connectivity index (χ2v) is 2.49. The predicted octanol–water partition coefficient (Wildman–Crippen LogP) is 1.34. The summed E-state index contributed by atoms with van der Waals surface area (Å²) in [7, 11) is 0. The second-order valence-electron chi connectivity index (χ2n) is 2.49. The van der Waals surface area contributed by atoms with E-state index in [1.165, 1.54) is 0 Å². The van der Waals surface area contributed by atoms with Crippen LogP contribution in [0, 0.1) is 11.3 Å². The maximum atomic E-state index is 8.54. The second kappa shape index (κ2) is 3.07. The van der Waals surface area contributed by atoms with E-state index in [1.807, 2.05) is 24.3 Å². The Labute approximate surface area is 74.9 Å². The van der Waals surface area contributed by atoms with Crippen LogP contribution in [0.15, 0.2) is 30.5 Å². The zero-order valence-corrected chi connectivity index (χ0v) is 6.73. The minimum atomic E-state index is 0.376. The lowest BCUT2D eigenvalue weighted by molar-refractivity contribution is 1.07. The van der Waals surface area contributed by atoms with Crippen LogP contribution < -0.4 is 0 Å². The molecule has 2 aromatic rings. The van der Waals surface area contributed by atoms with Gasteiger partial charge in [-0.15, -0.1) is 0 Å². The van der Waals surface area contributed by atoms with Crippen molar-refractivity contribution in [3.8, 4) is 17.5 Å². The Balaban J connectivity index is 2.43. The molecular weight excluding hydrogens is 164 g/mol. The first-order valence-corrected chi connectivity index (χ1v) is 3.77. The van der Waals surface area contributed by atoms with Crippen LogP contribution in [0.5, 0.6) is 0 Å². The highest BCUT2D eigenvalue weighted by atomic mass is 15.1. The van der Waals surface area contributed by atoms with E-state index in [0.717, 1.165) is 11.4 Å². The van der Waals surface area contributed by atoms with Crippen LogP contribution in [-0.4, -0.2) is 15.2 Å². The first kappa shape index (κ1) is 7.50. The van der Waals surface area contributed by atoms with Gasteiger partial charge in [0.1, 0.15) is 6.07 Å². The van der Waals surface area contributed by atoms with Gasteiger partial charge in [0.05, 0.1) is 11.4 Å². The van der Waals surface area contributed by atoms with Crippen LogP contribution in [0.2, 0.25) is 0 Å². The number of nitrogens with zero attached hydrogens (tertiary/aromatic N) is 3. The molecule has 0 saturated heterocycles. The number of hydrogen-bond acceptors (Lipinski definition) is 3. The van der Waals surface area contributed by atoms with E-state index in [1.54, 1.807) is 12.3 Å². The van der Waals surface area contributed by atoms with Gasteiger partial charge < -0.3 is 0 Å². The molecule has 13 heavy (non-hydrogen) atoms. The third-order valence-corrected chi connectivity index (χ3v) is 1.63. The summed E-state index contributed by atoms with van der Waals surface area (Å²) >= 11 is 0. The third-order valence-electron chi connectivity index (χ3n) is 1.63. The molecule has 62 valence electrons. The summed E-state index contributed by atoms with van der Waals surface area (Å²) in [5.74, 6) is 0. The molecule has 0 aromatic carbocycles. The minimum Gasteiger partial charge on any atom is -0.275 e. The monoisotopic (exact) mass is 170 g/mol. The minimum absolute atomic E-state index is 0.376. The summed E-state index contributed by atoms with van der Waals surface area (Å²) in [4.78, 5) is 4.12. The lowest BCUT2D eigenvalue weighted by Crippen LogP contribution is -1.80. The van der Waals surface area contributed by atoms with Gasteiger partial charge in [-0.25, -0.2) is 0 Å². The number of nitriles is 1. The van der Waals surface area contributed by atoms with Gasteiger partial charge in [-0.05, 0) is 12.1 Å². The molecule has 0 spiro atoms. The van der Waals surface area contributed by atoms with Crippen LogP contribution in [0.1, 0.15) is 5.69 Å². The number of aromatic amines is 1. The normalized spacial score (nSPS) is 9.46. The maximum absolute atomic E-state index is 8.54. The molecule has 1 N–H and O–H groups in total. The molecule has 4 heteroatoms. The fourth-order valence-electron chi connectivity index (χ4n) is 1.03. The van der Waals surface area contributed by atoms with Crippen molar-refractivity contribution < 1.29 is 0 Å². The third kappa shape index (κ3) is 1.40. The molecule has 2 aromatic heterocycles. The molecule has 0 fully saturated rings. The summed E-state index contributed by atoms with van der Waals surface area (Å²) in [6.45, 7) is 0. The van der Waals surface area contributed by atoms with E-state index in [0.29, 0.717) is 5.69 Å². The van der Waals surface area contributed by atoms with Crippen molar-refractivity contribution in [2.45, 2.75) is 0 Å². The van der Waals surface area contributed by atoms with Crippen molar-refractivity contribution in [2.24, 2.45) is 0 Å². The van der Waals surface area contributed by atoms with Crippen LogP contribution in [0.25, 0.3) is 11.4 Å². The molecule has 4 nitrogen and oxygen atoms in total. The zero-order valence-electron chi connectivity index (χ0n) is 6.73. The largest absolute Gasteiger partial charge is 0.275 e. The number of rotatable bonds is 1. The highest BCUT2D eigenvalue weighted by Crippen LogP contribution is 2.13. The van der Waals surface area contributed by atoms with Gasteiger partial charge in [0.2, 0.25) is 0 Å². The van der Waals surface area contributed by atoms with E-state index in [9.17, 15) is 0 Å². The summed E-state index contributed by atoms with van der Waals surface area (Å²) < 4.78 is 0. The van der Waals surface area contributed by atoms with Gasteiger partial charge >= 0.3 is 0 Å². The lowest BCUT2D eigenvalue weighted by Gasteiger charge is -1.92. The number of H-pyrrole nitrogens is 1. The summed E-state index contributed by atoms with van der Waals surface area (Å²) in [6.07, 6.45) is 1.70. The number of pyridine rings is 1. The average Bonchev–Trinajstić information content (AvgIpc) is 2.67. The topological polar surface area (TPSA) is 65.4 Å². The van der Waals surface area contributed by atoms with E-state index in [4.69, 9.17) is 5.26 Å². The Kier molecular flexibility index (Phi) is 1.77. The van der Waals surface area contributed by atoms with Crippen LogP contribution in [0.3, 0.4) is 0 Å². The molecule has 0 bridgehead atoms. The Hall–Kier alpha value is -2.15. The number of aromatic nitrogens is 3. The molecule has 0 atom stereocenters. The molecule has 2 rings (SSSR count). The summed E-state index contributed by atoms with van der Waals surface area (Å²) in [5.41, 5.74) is 1.93. The van der Waals surface area contributed by atoms with E-state index < -0.39 is 0 Å². The van der Waals surface area contributed by atoms with Crippen molar-refractivity contribution in [3.63, 3.8) is 0 Å². The van der Waals surface area contributed by atoms with E-state index in [-0.39, 0.29) is 0 Å². The molecule has 0 unspecified atom stereocenters. The number of nitrogens with one attached hydrogen (secondary N) is 1. The lowest BCUT2D eigenvalue weighted by atomic mass is 10.2. The van der Waals surface area contributed by atoms with Crippen LogP contribution in [0.4, 0.5) is 0 Å². The first-order valence-electron chi connectivity index (χ1n) is 3.77. The summed E-state index contributed by atoms with van der Waals surface area (Å²) in [6, 6.07) is 9.19. The fraction of sp³-hybridized carbons (Fsp3) is 0. The molecule has 0 saturated carbocycles. The highest BCUT2D eigenvalue weighted by Gasteiger charge is 2.02. The Morgan fingerprint density at radius 3 is 2.92 bits per heavy atom. The van der Waals surface area contributed by atoms with Gasteiger partial charge in [-0.3, -0.25) is 10.1 Å². The zero-order chi connectivity index (χ0) is 9.10. The molecule has 0 aliphatic rings. The molecule has 0 aliphatic heterocycles. The van der Waals surface area contributed by atoms with Crippen molar-refractivity contribution in [1.29, 1.82) is 5.26 Å². The Bertz CT molecular complexity index is 438. The highest BCUT2D eigenvalue weighted by molar-refractivity contribution is 5.54. The van der Waals surface area contributed by atoms with Crippen molar-refractivity contribution in [3.05, 3.63) is 36.2 Å². The van der Waals surface area contributed by atoms with Gasteiger partial charge in [0, 0.05) is 12.3 Å². The van der Waals surface area contributed by atoms with Gasteiger partial charge in [-0.1, -0.05) is 6.07 Å². The molecule has 0 radical (unpaired) electrons. The first-order chi connectivity index (χ1) is 6.40. The molecule has 2 heterocycles. The van der Waals surface area contributed by atoms with Crippen molar-refractivity contribution in [2.75, 3.05) is 0 Å². The van der Waals surface area contributed by atoms with Crippen LogP contribution in [-0.2, 0) is 0 Å². The van der Waals surface area contributed by atoms with Crippen LogP contribution >= 0.6 is 0 Å². The Morgan fingerprint density at radius 2 is 2.31 bits per heavy atom. The van der Waals surface area contributed by atoms with Gasteiger partial charge in [0.25, 0.3) is 0 Å². The van der Waals surface area contributed by atoms with Gasteiger partial charge in [-0.2, -0.15) is 10.4 Å². The molecule has 0 amide bonds.